The third kappa shape index (κ3) is 7.33. The Hall–Kier alpha value is -2.49. The molecule has 0 saturated carbocycles. The fourth-order valence-electron chi connectivity index (χ4n) is 2.04. The summed E-state index contributed by atoms with van der Waals surface area (Å²) in [5, 5.41) is 5.45. The molecule has 0 radical (unpaired) electrons. The first-order valence-corrected chi connectivity index (χ1v) is 8.48. The Morgan fingerprint density at radius 2 is 1.56 bits per heavy atom. The van der Waals surface area contributed by atoms with E-state index < -0.39 is 24.1 Å². The molecule has 0 saturated heterocycles. The van der Waals surface area contributed by atoms with Gasteiger partial charge in [-0.2, -0.15) is 8.78 Å². The van der Waals surface area contributed by atoms with Crippen molar-refractivity contribution >= 4 is 29.0 Å². The lowest BCUT2D eigenvalue weighted by Gasteiger charge is -2.16. The molecule has 0 aliphatic rings. The maximum atomic E-state index is 12.3. The van der Waals surface area contributed by atoms with Crippen molar-refractivity contribution in [1.29, 1.82) is 0 Å². The highest BCUT2D eigenvalue weighted by atomic mass is 32.2. The molecule has 146 valence electrons. The maximum absolute atomic E-state index is 12.3. The molecular weight excluding hydrogens is 391 g/mol. The van der Waals surface area contributed by atoms with E-state index in [0.29, 0.717) is 28.0 Å². The van der Waals surface area contributed by atoms with Crippen molar-refractivity contribution in [3.63, 3.8) is 0 Å². The predicted octanol–water partition coefficient (Wildman–Crippen LogP) is 5.34. The van der Waals surface area contributed by atoms with Crippen molar-refractivity contribution < 1.29 is 31.5 Å². The third-order valence-electron chi connectivity index (χ3n) is 3.21. The van der Waals surface area contributed by atoms with Gasteiger partial charge in [0.15, 0.2) is 0 Å². The molecule has 0 aliphatic heterocycles. The molecule has 1 amide bonds. The van der Waals surface area contributed by atoms with Gasteiger partial charge in [-0.25, -0.2) is 0 Å². The second kappa shape index (κ2) is 8.94. The first kappa shape index (κ1) is 20.8. The highest BCUT2D eigenvalue weighted by Crippen LogP contribution is 2.26. The average Bonchev–Trinajstić information content (AvgIpc) is 2.56. The van der Waals surface area contributed by atoms with E-state index in [0.717, 1.165) is 12.1 Å². The highest BCUT2D eigenvalue weighted by molar-refractivity contribution is 7.99. The number of halogens is 5. The summed E-state index contributed by atoms with van der Waals surface area (Å²) in [4.78, 5) is 12.5. The largest absolute Gasteiger partial charge is 0.573 e. The fourth-order valence-corrected chi connectivity index (χ4v) is 2.54. The molecule has 0 fully saturated rings. The first-order valence-electron chi connectivity index (χ1n) is 7.60. The predicted molar refractivity (Wildman–Crippen MR) is 93.1 cm³/mol. The number of carbonyl (C=O) groups is 1. The number of hydrogen-bond acceptors (Lipinski definition) is 4. The molecule has 1 unspecified atom stereocenters. The molecule has 2 aromatic rings. The Kier molecular flexibility index (Phi) is 6.89. The molecule has 0 aromatic heterocycles. The van der Waals surface area contributed by atoms with Crippen molar-refractivity contribution in [3.05, 3.63) is 48.5 Å². The summed E-state index contributed by atoms with van der Waals surface area (Å²) in [5.41, 5.74) is 0.858. The number of amides is 1. The Labute approximate surface area is 156 Å². The standard InChI is InChI=1S/C17H15F5N2O2S/c1-10(23-11-2-6-13(7-3-11)26-17(20,21)22)15(25)24-12-4-8-14(9-5-12)27-16(18)19/h2-10,16,23H,1H3,(H,24,25). The van der Waals surface area contributed by atoms with Crippen molar-refractivity contribution in [2.24, 2.45) is 0 Å². The molecule has 2 rings (SSSR count). The lowest BCUT2D eigenvalue weighted by atomic mass is 10.2. The second-order valence-corrected chi connectivity index (χ2v) is 6.39. The number of alkyl halides is 5. The Morgan fingerprint density at radius 1 is 1.00 bits per heavy atom. The van der Waals surface area contributed by atoms with Gasteiger partial charge in [-0.05, 0) is 55.5 Å². The van der Waals surface area contributed by atoms with Crippen LogP contribution in [0, 0.1) is 0 Å². The average molecular weight is 406 g/mol. The lowest BCUT2D eigenvalue weighted by Crippen LogP contribution is -2.31. The summed E-state index contributed by atoms with van der Waals surface area (Å²) in [6, 6.07) is 10.2. The van der Waals surface area contributed by atoms with Gasteiger partial charge in [0.05, 0.1) is 0 Å². The second-order valence-electron chi connectivity index (χ2n) is 5.33. The van der Waals surface area contributed by atoms with Gasteiger partial charge < -0.3 is 15.4 Å². The molecule has 2 N–H and O–H groups in total. The van der Waals surface area contributed by atoms with Crippen LogP contribution in [0.25, 0.3) is 0 Å². The zero-order chi connectivity index (χ0) is 20.0. The van der Waals surface area contributed by atoms with Crippen LogP contribution in [0.2, 0.25) is 0 Å². The summed E-state index contributed by atoms with van der Waals surface area (Å²) in [6.07, 6.45) is -4.77. The molecule has 1 atom stereocenters. The summed E-state index contributed by atoms with van der Waals surface area (Å²) in [5.74, 6) is -3.30. The van der Waals surface area contributed by atoms with Crippen molar-refractivity contribution in [1.82, 2.24) is 0 Å². The van der Waals surface area contributed by atoms with Crippen LogP contribution in [0.3, 0.4) is 0 Å². The molecule has 0 aliphatic carbocycles. The molecule has 10 heteroatoms. The Bertz CT molecular complexity index is 751. The molecule has 0 heterocycles. The number of ether oxygens (including phenoxy) is 1. The minimum absolute atomic E-state index is 0.369. The molecule has 0 bridgehead atoms. The van der Waals surface area contributed by atoms with E-state index in [1.54, 1.807) is 6.92 Å². The monoisotopic (exact) mass is 406 g/mol. The minimum atomic E-state index is -4.77. The highest BCUT2D eigenvalue weighted by Gasteiger charge is 2.31. The number of rotatable bonds is 7. The van der Waals surface area contributed by atoms with E-state index in [1.807, 2.05) is 0 Å². The minimum Gasteiger partial charge on any atom is -0.406 e. The van der Waals surface area contributed by atoms with Crippen molar-refractivity contribution in [3.8, 4) is 5.75 Å². The number of hydrogen-bond donors (Lipinski definition) is 2. The summed E-state index contributed by atoms with van der Waals surface area (Å²) in [7, 11) is 0. The van der Waals surface area contributed by atoms with Crippen LogP contribution >= 0.6 is 11.8 Å². The van der Waals surface area contributed by atoms with Crippen LogP contribution in [-0.2, 0) is 4.79 Å². The van der Waals surface area contributed by atoms with Crippen LogP contribution < -0.4 is 15.4 Å². The number of nitrogens with one attached hydrogen (secondary N) is 2. The summed E-state index contributed by atoms with van der Waals surface area (Å²) >= 11 is 0.400. The Morgan fingerprint density at radius 3 is 2.07 bits per heavy atom. The normalized spacial score (nSPS) is 12.6. The van der Waals surface area contributed by atoms with Crippen LogP contribution in [0.1, 0.15) is 6.92 Å². The molecule has 4 nitrogen and oxygen atoms in total. The van der Waals surface area contributed by atoms with Gasteiger partial charge in [-0.1, -0.05) is 11.8 Å². The smallest absolute Gasteiger partial charge is 0.406 e. The van der Waals surface area contributed by atoms with Crippen molar-refractivity contribution in [2.75, 3.05) is 10.6 Å². The summed E-state index contributed by atoms with van der Waals surface area (Å²) in [6.45, 7) is 1.57. The van der Waals surface area contributed by atoms with Crippen molar-refractivity contribution in [2.45, 2.75) is 30.0 Å². The number of thioether (sulfide) groups is 1. The molecule has 2 aromatic carbocycles. The lowest BCUT2D eigenvalue weighted by molar-refractivity contribution is -0.274. The number of benzene rings is 2. The molecular formula is C17H15F5N2O2S. The van der Waals surface area contributed by atoms with Gasteiger partial charge in [0.25, 0.3) is 5.76 Å². The van der Waals surface area contributed by atoms with Gasteiger partial charge in [0.2, 0.25) is 5.91 Å². The first-order chi connectivity index (χ1) is 12.6. The number of anilines is 2. The van der Waals surface area contributed by atoms with E-state index in [4.69, 9.17) is 0 Å². The quantitative estimate of drug-likeness (QED) is 0.482. The van der Waals surface area contributed by atoms with Crippen LogP contribution in [0.4, 0.5) is 33.3 Å². The van der Waals surface area contributed by atoms with E-state index >= 15 is 0 Å². The fraction of sp³-hybridized carbons (Fsp3) is 0.235. The van der Waals surface area contributed by atoms with Crippen LogP contribution in [-0.4, -0.2) is 24.1 Å². The van der Waals surface area contributed by atoms with Crippen LogP contribution in [0.5, 0.6) is 5.75 Å². The Balaban J connectivity index is 1.89. The number of carbonyl (C=O) groups excluding carboxylic acids is 1. The zero-order valence-corrected chi connectivity index (χ0v) is 14.7. The molecule has 0 spiro atoms. The van der Waals surface area contributed by atoms with Gasteiger partial charge in [-0.3, -0.25) is 4.79 Å². The topological polar surface area (TPSA) is 50.4 Å². The molecule has 27 heavy (non-hydrogen) atoms. The zero-order valence-electron chi connectivity index (χ0n) is 13.9. The van der Waals surface area contributed by atoms with E-state index in [2.05, 4.69) is 15.4 Å². The SMILES string of the molecule is CC(Nc1ccc(OC(F)(F)F)cc1)C(=O)Nc1ccc(SC(F)F)cc1. The third-order valence-corrected chi connectivity index (χ3v) is 3.93. The maximum Gasteiger partial charge on any atom is 0.573 e. The van der Waals surface area contributed by atoms with E-state index in [1.165, 1.54) is 36.4 Å². The van der Waals surface area contributed by atoms with E-state index in [-0.39, 0.29) is 5.75 Å². The van der Waals surface area contributed by atoms with Gasteiger partial charge in [0, 0.05) is 16.3 Å². The van der Waals surface area contributed by atoms with Gasteiger partial charge in [-0.15, -0.1) is 13.2 Å². The van der Waals surface area contributed by atoms with Gasteiger partial charge >= 0.3 is 6.36 Å². The van der Waals surface area contributed by atoms with E-state index in [9.17, 15) is 26.7 Å². The van der Waals surface area contributed by atoms with Crippen LogP contribution in [0.15, 0.2) is 53.4 Å². The summed E-state index contributed by atoms with van der Waals surface area (Å²) < 4.78 is 64.7. The van der Waals surface area contributed by atoms with Gasteiger partial charge in [0.1, 0.15) is 11.8 Å².